The zero-order chi connectivity index (χ0) is 34.4. The fourth-order valence-corrected chi connectivity index (χ4v) is 6.31. The van der Waals surface area contributed by atoms with Gasteiger partial charge in [0.1, 0.15) is 6.17 Å². The minimum absolute atomic E-state index is 0.00531. The molecule has 0 bridgehead atoms. The second-order valence-corrected chi connectivity index (χ2v) is 12.5. The van der Waals surface area contributed by atoms with Gasteiger partial charge in [-0.3, -0.25) is 19.5 Å². The standard InChI is InChI=1S/C33H42F6N6O2/c1-43(2)24-15-18-45(20-24)21-41-30(46)25(13-16-32(34,35)36)26(14-17-33(37,38)39)31(47)42-29-28(22-9-5-4-6-10-22)44(3)27-12-8-7-11-23(27)19-40-29/h4-12,19,24-26,28-29H,13-18,20-21H2,1-3H3,(H,41,46)(H,42,47)/t24?,25-,26+,28?,29-/m1/s1. The van der Waals surface area contributed by atoms with Gasteiger partial charge in [-0.1, -0.05) is 48.5 Å². The highest BCUT2D eigenvalue weighted by atomic mass is 19.4. The van der Waals surface area contributed by atoms with Gasteiger partial charge in [0, 0.05) is 68.3 Å². The number of nitrogens with one attached hydrogen (secondary N) is 2. The van der Waals surface area contributed by atoms with E-state index in [4.69, 9.17) is 0 Å². The number of amides is 2. The summed E-state index contributed by atoms with van der Waals surface area (Å²) in [5, 5.41) is 5.36. The lowest BCUT2D eigenvalue weighted by atomic mass is 9.83. The molecular formula is C33H42F6N6O2. The van der Waals surface area contributed by atoms with E-state index >= 15 is 0 Å². The van der Waals surface area contributed by atoms with Gasteiger partial charge in [0.25, 0.3) is 0 Å². The van der Waals surface area contributed by atoms with E-state index in [0.717, 1.165) is 23.2 Å². The highest BCUT2D eigenvalue weighted by Crippen LogP contribution is 2.36. The van der Waals surface area contributed by atoms with E-state index in [1.807, 2.05) is 71.3 Å². The first kappa shape index (κ1) is 36.2. The zero-order valence-electron chi connectivity index (χ0n) is 26.7. The van der Waals surface area contributed by atoms with Crippen molar-refractivity contribution in [2.75, 3.05) is 45.8 Å². The van der Waals surface area contributed by atoms with Crippen LogP contribution in [0.3, 0.4) is 0 Å². The molecule has 2 N–H and O–H groups in total. The summed E-state index contributed by atoms with van der Waals surface area (Å²) in [6.45, 7) is 1.24. The van der Waals surface area contributed by atoms with Crippen molar-refractivity contribution in [3.05, 3.63) is 65.7 Å². The Labute approximate surface area is 271 Å². The minimum atomic E-state index is -4.70. The Balaban J connectivity index is 1.63. The molecule has 0 aromatic heterocycles. The van der Waals surface area contributed by atoms with E-state index in [2.05, 4.69) is 15.6 Å². The Bertz CT molecular complexity index is 1370. The lowest BCUT2D eigenvalue weighted by Gasteiger charge is -2.35. The van der Waals surface area contributed by atoms with Gasteiger partial charge in [0.05, 0.1) is 12.7 Å². The third-order valence-corrected chi connectivity index (χ3v) is 8.93. The van der Waals surface area contributed by atoms with Gasteiger partial charge in [-0.2, -0.15) is 26.3 Å². The van der Waals surface area contributed by atoms with E-state index in [1.54, 1.807) is 25.4 Å². The molecule has 258 valence electrons. The molecule has 5 atom stereocenters. The van der Waals surface area contributed by atoms with E-state index in [0.29, 0.717) is 13.1 Å². The van der Waals surface area contributed by atoms with Crippen molar-refractivity contribution in [1.82, 2.24) is 20.4 Å². The first-order valence-electron chi connectivity index (χ1n) is 15.6. The molecule has 47 heavy (non-hydrogen) atoms. The smallest absolute Gasteiger partial charge is 0.363 e. The first-order valence-corrected chi connectivity index (χ1v) is 15.6. The second kappa shape index (κ2) is 15.5. The number of aliphatic imine (C=N–C) groups is 1. The van der Waals surface area contributed by atoms with Crippen molar-refractivity contribution < 1.29 is 35.9 Å². The lowest BCUT2D eigenvalue weighted by Crippen LogP contribution is -2.50. The molecule has 1 saturated heterocycles. The van der Waals surface area contributed by atoms with Crippen LogP contribution in [-0.4, -0.2) is 93.3 Å². The molecule has 2 amide bonds. The fourth-order valence-electron chi connectivity index (χ4n) is 6.31. The van der Waals surface area contributed by atoms with Crippen LogP contribution >= 0.6 is 0 Å². The number of anilines is 1. The monoisotopic (exact) mass is 668 g/mol. The maximum atomic E-state index is 14.0. The van der Waals surface area contributed by atoms with E-state index in [9.17, 15) is 35.9 Å². The van der Waals surface area contributed by atoms with Gasteiger partial charge >= 0.3 is 12.4 Å². The lowest BCUT2D eigenvalue weighted by molar-refractivity contribution is -0.153. The molecule has 0 spiro atoms. The van der Waals surface area contributed by atoms with Gasteiger partial charge in [0.2, 0.25) is 11.8 Å². The van der Waals surface area contributed by atoms with Crippen LogP contribution in [0.25, 0.3) is 0 Å². The predicted octanol–water partition coefficient (Wildman–Crippen LogP) is 5.37. The number of carbonyl (C=O) groups is 2. The van der Waals surface area contributed by atoms with Crippen LogP contribution in [0.4, 0.5) is 32.0 Å². The minimum Gasteiger partial charge on any atom is -0.363 e. The highest BCUT2D eigenvalue weighted by Gasteiger charge is 2.42. The Hall–Kier alpha value is -3.65. The highest BCUT2D eigenvalue weighted by molar-refractivity contribution is 5.90. The number of benzene rings is 2. The molecule has 8 nitrogen and oxygen atoms in total. The first-order chi connectivity index (χ1) is 22.1. The summed E-state index contributed by atoms with van der Waals surface area (Å²) >= 11 is 0. The average Bonchev–Trinajstić information content (AvgIpc) is 3.44. The number of halogens is 6. The Kier molecular flexibility index (Phi) is 11.9. The molecule has 0 saturated carbocycles. The molecule has 0 aliphatic carbocycles. The maximum Gasteiger partial charge on any atom is 0.389 e. The molecule has 2 aliphatic rings. The maximum absolute atomic E-state index is 14.0. The van der Waals surface area contributed by atoms with E-state index in [1.165, 1.54) is 0 Å². The number of hydrogen-bond acceptors (Lipinski definition) is 6. The Morgan fingerprint density at radius 2 is 1.51 bits per heavy atom. The summed E-state index contributed by atoms with van der Waals surface area (Å²) in [6.07, 6.45) is -12.6. The summed E-state index contributed by atoms with van der Waals surface area (Å²) in [5.74, 6) is -5.22. The largest absolute Gasteiger partial charge is 0.389 e. The Morgan fingerprint density at radius 3 is 2.11 bits per heavy atom. The molecular weight excluding hydrogens is 626 g/mol. The number of fused-ring (bicyclic) bond motifs is 1. The number of likely N-dealkylation sites (N-methyl/N-ethyl adjacent to an activating group) is 2. The van der Waals surface area contributed by atoms with Crippen molar-refractivity contribution >= 4 is 23.7 Å². The topological polar surface area (TPSA) is 80.3 Å². The van der Waals surface area contributed by atoms with Crippen molar-refractivity contribution in [1.29, 1.82) is 0 Å². The van der Waals surface area contributed by atoms with Crippen molar-refractivity contribution in [3.63, 3.8) is 0 Å². The molecule has 2 aromatic carbocycles. The number of benzodiazepines with no additional fused rings is 1. The average molecular weight is 669 g/mol. The number of para-hydroxylation sites is 1. The molecule has 2 aromatic rings. The number of rotatable bonds is 12. The van der Waals surface area contributed by atoms with Crippen molar-refractivity contribution in [3.8, 4) is 0 Å². The van der Waals surface area contributed by atoms with Crippen LogP contribution < -0.4 is 15.5 Å². The molecule has 14 heteroatoms. The number of nitrogens with zero attached hydrogens (tertiary/aromatic N) is 4. The van der Waals surface area contributed by atoms with E-state index < -0.39 is 73.9 Å². The number of likely N-dealkylation sites (tertiary alicyclic amines) is 1. The number of hydrogen-bond donors (Lipinski definition) is 2. The van der Waals surface area contributed by atoms with E-state index in [-0.39, 0.29) is 12.7 Å². The third kappa shape index (κ3) is 10.2. The van der Waals surface area contributed by atoms with Crippen LogP contribution in [0.15, 0.2) is 59.6 Å². The summed E-state index contributed by atoms with van der Waals surface area (Å²) in [6, 6.07) is 16.0. The molecule has 0 radical (unpaired) electrons. The molecule has 1 fully saturated rings. The summed E-state index contributed by atoms with van der Waals surface area (Å²) < 4.78 is 80.9. The van der Waals surface area contributed by atoms with Crippen molar-refractivity contribution in [2.45, 2.75) is 62.7 Å². The molecule has 4 rings (SSSR count). The summed E-state index contributed by atoms with van der Waals surface area (Å²) in [7, 11) is 5.63. The third-order valence-electron chi connectivity index (χ3n) is 8.93. The number of alkyl halides is 6. The van der Waals surface area contributed by atoms with Gasteiger partial charge in [-0.25, -0.2) is 0 Å². The van der Waals surface area contributed by atoms with Gasteiger partial charge < -0.3 is 20.4 Å². The van der Waals surface area contributed by atoms with Crippen LogP contribution in [0, 0.1) is 11.8 Å². The molecule has 2 aliphatic heterocycles. The number of carbonyl (C=O) groups excluding carboxylic acids is 2. The van der Waals surface area contributed by atoms with Crippen LogP contribution in [-0.2, 0) is 9.59 Å². The normalized spacial score (nSPS) is 21.7. The summed E-state index contributed by atoms with van der Waals surface area (Å²) in [4.78, 5) is 37.9. The van der Waals surface area contributed by atoms with Crippen LogP contribution in [0.2, 0.25) is 0 Å². The van der Waals surface area contributed by atoms with Crippen LogP contribution in [0.5, 0.6) is 0 Å². The van der Waals surface area contributed by atoms with Crippen LogP contribution in [0.1, 0.15) is 49.3 Å². The summed E-state index contributed by atoms with van der Waals surface area (Å²) in [5.41, 5.74) is 2.27. The van der Waals surface area contributed by atoms with Crippen molar-refractivity contribution in [2.24, 2.45) is 16.8 Å². The van der Waals surface area contributed by atoms with Gasteiger partial charge in [-0.15, -0.1) is 0 Å². The quantitative estimate of drug-likeness (QED) is 0.298. The Morgan fingerprint density at radius 1 is 0.915 bits per heavy atom. The molecule has 2 unspecified atom stereocenters. The van der Waals surface area contributed by atoms with Gasteiger partial charge in [-0.05, 0) is 45.0 Å². The predicted molar refractivity (Wildman–Crippen MR) is 168 cm³/mol. The fraction of sp³-hybridized carbons (Fsp3) is 0.545. The second-order valence-electron chi connectivity index (χ2n) is 12.5. The van der Waals surface area contributed by atoms with Gasteiger partial charge in [0.15, 0.2) is 0 Å². The zero-order valence-corrected chi connectivity index (χ0v) is 26.7. The SMILES string of the molecule is CN(C)C1CCN(CNC(=O)[C@H](CCC(F)(F)F)[C@H](CCC(F)(F)F)C(=O)N[C@H]2N=Cc3ccccc3N(C)C2c2ccccc2)C1. The molecule has 2 heterocycles.